The quantitative estimate of drug-likeness (QED) is 0.243. The van der Waals surface area contributed by atoms with Crippen molar-refractivity contribution in [2.24, 2.45) is 11.7 Å². The lowest BCUT2D eigenvalue weighted by atomic mass is 10.0. The van der Waals surface area contributed by atoms with Gasteiger partial charge in [-0.3, -0.25) is 9.09 Å². The van der Waals surface area contributed by atoms with Crippen LogP contribution in [0.3, 0.4) is 0 Å². The van der Waals surface area contributed by atoms with Crippen LogP contribution in [0.15, 0.2) is 18.5 Å². The normalized spacial score (nSPS) is 22.9. The maximum atomic E-state index is 15.2. The summed E-state index contributed by atoms with van der Waals surface area (Å²) in [7, 11) is -2.11. The highest BCUT2D eigenvalue weighted by Gasteiger charge is 2.44. The van der Waals surface area contributed by atoms with Gasteiger partial charge in [0.1, 0.15) is 17.6 Å². The number of H-pyrrole nitrogens is 1. The number of nitrogens with two attached hydrogens (primary N) is 1. The van der Waals surface area contributed by atoms with E-state index in [2.05, 4.69) is 35.1 Å². The van der Waals surface area contributed by atoms with Gasteiger partial charge >= 0.3 is 13.6 Å². The molecule has 1 unspecified atom stereocenters. The van der Waals surface area contributed by atoms with Crippen molar-refractivity contribution in [2.75, 3.05) is 30.5 Å². The van der Waals surface area contributed by atoms with E-state index in [1.807, 2.05) is 0 Å². The highest BCUT2D eigenvalue weighted by atomic mass is 31.2. The zero-order valence-corrected chi connectivity index (χ0v) is 22.2. The molecule has 1 aliphatic carbocycles. The van der Waals surface area contributed by atoms with Crippen molar-refractivity contribution in [1.82, 2.24) is 24.9 Å². The van der Waals surface area contributed by atoms with E-state index in [1.54, 1.807) is 14.0 Å². The molecule has 1 aliphatic heterocycles. The van der Waals surface area contributed by atoms with Gasteiger partial charge in [0.15, 0.2) is 23.2 Å². The van der Waals surface area contributed by atoms with Gasteiger partial charge in [-0.05, 0) is 25.7 Å². The van der Waals surface area contributed by atoms with Crippen LogP contribution in [0.2, 0.25) is 0 Å². The fourth-order valence-electron chi connectivity index (χ4n) is 5.60. The highest BCUT2D eigenvalue weighted by Crippen LogP contribution is 2.45. The molecule has 4 aromatic rings. The van der Waals surface area contributed by atoms with Gasteiger partial charge < -0.3 is 30.6 Å². The molecule has 0 spiro atoms. The molecular weight excluding hydrogens is 533 g/mol. The van der Waals surface area contributed by atoms with Crippen LogP contribution in [0, 0.1) is 17.6 Å². The van der Waals surface area contributed by atoms with Gasteiger partial charge in [0.05, 0.1) is 34.4 Å². The number of benzene rings is 1. The maximum Gasteiger partial charge on any atom is 0.326 e. The number of rotatable bonds is 7. The lowest BCUT2D eigenvalue weighted by Gasteiger charge is -2.31. The molecule has 3 aromatic heterocycles. The molecule has 2 fully saturated rings. The van der Waals surface area contributed by atoms with Crippen molar-refractivity contribution < 1.29 is 27.5 Å². The Morgan fingerprint density at radius 3 is 2.62 bits per heavy atom. The molecule has 12 nitrogen and oxygen atoms in total. The van der Waals surface area contributed by atoms with Gasteiger partial charge in [-0.1, -0.05) is 0 Å². The summed E-state index contributed by atoms with van der Waals surface area (Å²) in [5, 5.41) is 3.31. The zero-order valence-electron chi connectivity index (χ0n) is 21.4. The number of hydrogen-bond donors (Lipinski definition) is 4. The second kappa shape index (κ2) is 9.33. The van der Waals surface area contributed by atoms with Crippen molar-refractivity contribution in [3.05, 3.63) is 35.9 Å². The first kappa shape index (κ1) is 25.8. The highest BCUT2D eigenvalue weighted by molar-refractivity contribution is 7.51. The largest absolute Gasteiger partial charge is 0.421 e. The Morgan fingerprint density at radius 1 is 1.26 bits per heavy atom. The average Bonchev–Trinajstić information content (AvgIpc) is 3.57. The summed E-state index contributed by atoms with van der Waals surface area (Å²) in [6.45, 7) is 3.26. The van der Waals surface area contributed by atoms with Crippen LogP contribution in [0.5, 0.6) is 11.8 Å². The fraction of sp³-hybridized carbons (Fsp3) is 0.417. The van der Waals surface area contributed by atoms with Crippen LogP contribution in [-0.2, 0) is 9.09 Å². The van der Waals surface area contributed by atoms with Crippen LogP contribution >= 0.6 is 7.60 Å². The van der Waals surface area contributed by atoms with E-state index < -0.39 is 25.3 Å². The van der Waals surface area contributed by atoms with E-state index in [0.717, 1.165) is 25.6 Å². The first-order chi connectivity index (χ1) is 18.5. The Balaban J connectivity index is 1.43. The summed E-state index contributed by atoms with van der Waals surface area (Å²) in [6, 6.07) is 1.23. The van der Waals surface area contributed by atoms with E-state index in [4.69, 9.17) is 15.0 Å². The van der Waals surface area contributed by atoms with Crippen molar-refractivity contribution in [1.29, 1.82) is 0 Å². The molecule has 1 saturated carbocycles. The van der Waals surface area contributed by atoms with E-state index in [1.165, 1.54) is 12.4 Å². The van der Waals surface area contributed by atoms with Gasteiger partial charge in [0, 0.05) is 38.4 Å². The first-order valence-corrected chi connectivity index (χ1v) is 14.4. The molecule has 5 atom stereocenters. The third-order valence-corrected chi connectivity index (χ3v) is 8.00. The summed E-state index contributed by atoms with van der Waals surface area (Å²) in [4.78, 5) is 32.0. The number of hydrogen-bond acceptors (Lipinski definition) is 10. The Labute approximate surface area is 221 Å². The van der Waals surface area contributed by atoms with E-state index in [9.17, 15) is 13.8 Å². The molecule has 0 amide bonds. The number of nitrogens with one attached hydrogen (secondary N) is 2. The van der Waals surface area contributed by atoms with Crippen molar-refractivity contribution in [3.8, 4) is 11.8 Å². The van der Waals surface area contributed by atoms with Gasteiger partial charge in [0.2, 0.25) is 0 Å². The minimum Gasteiger partial charge on any atom is -0.421 e. The maximum absolute atomic E-state index is 15.2. The second-order valence-electron chi connectivity index (χ2n) is 10.0. The van der Waals surface area contributed by atoms with Crippen LogP contribution in [0.25, 0.3) is 21.9 Å². The molecule has 1 aromatic carbocycles. The molecule has 1 saturated heterocycles. The molecule has 15 heteroatoms. The van der Waals surface area contributed by atoms with Crippen LogP contribution in [0.4, 0.5) is 20.3 Å². The molecule has 39 heavy (non-hydrogen) atoms. The van der Waals surface area contributed by atoms with Gasteiger partial charge in [-0.25, -0.2) is 18.7 Å². The van der Waals surface area contributed by atoms with Crippen molar-refractivity contribution in [3.63, 3.8) is 0 Å². The summed E-state index contributed by atoms with van der Waals surface area (Å²) >= 11 is 0. The smallest absolute Gasteiger partial charge is 0.326 e. The van der Waals surface area contributed by atoms with Crippen LogP contribution < -0.4 is 20.7 Å². The Kier molecular flexibility index (Phi) is 6.18. The van der Waals surface area contributed by atoms with E-state index >= 15 is 4.39 Å². The predicted molar refractivity (Wildman–Crippen MR) is 140 cm³/mol. The molecule has 206 valence electrons. The topological polar surface area (TPSA) is 164 Å². The number of anilines is 2. The molecule has 0 radical (unpaired) electrons. The third-order valence-electron chi connectivity index (χ3n) is 7.29. The minimum atomic E-state index is -3.73. The molecule has 2 bridgehead atoms. The van der Waals surface area contributed by atoms with Gasteiger partial charge in [-0.15, -0.1) is 0 Å². The third kappa shape index (κ3) is 4.56. The first-order valence-electron chi connectivity index (χ1n) is 12.4. The molecular formula is C24H27F2N8O4P. The summed E-state index contributed by atoms with van der Waals surface area (Å²) in [5.74, 6) is -0.892. The molecule has 2 aliphatic rings. The Hall–Kier alpha value is -3.45. The van der Waals surface area contributed by atoms with Crippen LogP contribution in [-0.4, -0.2) is 62.2 Å². The fourth-order valence-corrected chi connectivity index (χ4v) is 6.28. The number of piperidine rings is 1. The second-order valence-corrected chi connectivity index (χ2v) is 11.8. The van der Waals surface area contributed by atoms with Crippen LogP contribution in [0.1, 0.15) is 31.7 Å². The lowest BCUT2D eigenvalue weighted by Crippen LogP contribution is -2.41. The lowest BCUT2D eigenvalue weighted by molar-refractivity contribution is 0.187. The standard InChI is InChI=1S/C24H27F2N8O4P/c1-10(38-39(3,35)36)21-29-7-13(8-30-21)37-24-32-22-18(17-19(26)14(25)6-16(28-2)20(17)31-22)23(33-24)34-9-11-4-12(34)5-15(11)27/h6-8,10-12,15,28H,4-5,9,27H2,1-3H3,(H,35,36)(H,31,32,33)/t10-,11+,12+,15+/m0/s1. The number of aromatic amines is 1. The number of aromatic nitrogens is 5. The summed E-state index contributed by atoms with van der Waals surface area (Å²) in [5.41, 5.74) is 7.28. The van der Waals surface area contributed by atoms with Crippen molar-refractivity contribution in [2.45, 2.75) is 38.0 Å². The number of nitrogens with zero attached hydrogens (tertiary/aromatic N) is 5. The van der Waals surface area contributed by atoms with E-state index in [-0.39, 0.29) is 46.6 Å². The Bertz CT molecular complexity index is 1630. The predicted octanol–water partition coefficient (Wildman–Crippen LogP) is 3.83. The average molecular weight is 561 g/mol. The Morgan fingerprint density at radius 2 is 2.00 bits per heavy atom. The molecule has 5 N–H and O–H groups in total. The van der Waals surface area contributed by atoms with E-state index in [0.29, 0.717) is 29.0 Å². The summed E-state index contributed by atoms with van der Waals surface area (Å²) in [6.07, 6.45) is 3.56. The minimum absolute atomic E-state index is 0.0444. The number of ether oxygens (including phenoxy) is 1. The summed E-state index contributed by atoms with van der Waals surface area (Å²) < 4.78 is 52.3. The van der Waals surface area contributed by atoms with Gasteiger partial charge in [0.25, 0.3) is 0 Å². The monoisotopic (exact) mass is 560 g/mol. The number of fused-ring (bicyclic) bond motifs is 5. The zero-order chi connectivity index (χ0) is 27.6. The molecule has 6 rings (SSSR count). The van der Waals surface area contributed by atoms with Gasteiger partial charge in [-0.2, -0.15) is 9.97 Å². The SMILES string of the molecule is CNc1cc(F)c(F)c2c1[nH]c1nc(Oc3cnc([C@H](C)OP(C)(=O)O)nc3)nc(N3C[C@H]4C[C@@H]3C[C@H]4N)c12. The van der Waals surface area contributed by atoms with Crippen molar-refractivity contribution >= 4 is 41.0 Å². The molecule has 4 heterocycles. The number of halogens is 2.